The molecule has 2 aromatic rings. The molecule has 0 unspecified atom stereocenters. The van der Waals surface area contributed by atoms with Gasteiger partial charge in [-0.05, 0) is 17.4 Å². The number of hydrogen-bond acceptors (Lipinski definition) is 4. The maximum Gasteiger partial charge on any atom is 0.419 e. The van der Waals surface area contributed by atoms with E-state index in [1.54, 1.807) is 0 Å². The lowest BCUT2D eigenvalue weighted by Crippen LogP contribution is -2.37. The molecule has 2 rings (SSSR count). The zero-order chi connectivity index (χ0) is 16.7. The van der Waals surface area contributed by atoms with Gasteiger partial charge in [0.15, 0.2) is 0 Å². The fraction of sp³-hybridized carbons (Fsp3) is 0.200. The summed E-state index contributed by atoms with van der Waals surface area (Å²) in [5, 5.41) is 3.50. The van der Waals surface area contributed by atoms with Crippen molar-refractivity contribution in [1.29, 1.82) is 0 Å². The van der Waals surface area contributed by atoms with Crippen LogP contribution in [0.4, 0.5) is 13.2 Å². The van der Waals surface area contributed by atoms with Crippen LogP contribution in [-0.4, -0.2) is 39.0 Å². The first-order valence-electron chi connectivity index (χ1n) is 5.44. The maximum absolute atomic E-state index is 12.9. The molecule has 1 heterocycles. The molecule has 12 heteroatoms. The van der Waals surface area contributed by atoms with E-state index in [0.717, 1.165) is 6.07 Å². The number of hydrogen-bond donors (Lipinski definition) is 0. The molecule has 0 aliphatic rings. The first-order chi connectivity index (χ1) is 9.99. The normalized spacial score (nSPS) is 12.4. The summed E-state index contributed by atoms with van der Waals surface area (Å²) in [7, 11) is 15.5. The van der Waals surface area contributed by atoms with Crippen LogP contribution in [0.1, 0.15) is 5.56 Å². The van der Waals surface area contributed by atoms with Gasteiger partial charge in [-0.15, -0.1) is 5.10 Å². The molecule has 0 saturated heterocycles. The van der Waals surface area contributed by atoms with Gasteiger partial charge < -0.3 is 9.15 Å². The summed E-state index contributed by atoms with van der Waals surface area (Å²) in [4.78, 5) is 0. The summed E-state index contributed by atoms with van der Waals surface area (Å²) in [6.07, 6.45) is -5.30. The molecular weight excluding hydrogens is 340 g/mol. The SMILES string of the molecule is [B]C([B])([B])Oc1nnc(-c2ccc(Cl)c(C(F)(F)F)c2Cl)o1. The minimum atomic E-state index is -4.76. The second-order valence-electron chi connectivity index (χ2n) is 4.11. The number of alkyl halides is 3. The number of ether oxygens (including phenoxy) is 1. The quantitative estimate of drug-likeness (QED) is 0.805. The molecule has 1 aromatic heterocycles. The van der Waals surface area contributed by atoms with Crippen LogP contribution in [-0.2, 0) is 6.18 Å². The van der Waals surface area contributed by atoms with Crippen molar-refractivity contribution in [2.45, 2.75) is 11.5 Å². The number of rotatable bonds is 3. The van der Waals surface area contributed by atoms with Gasteiger partial charge in [-0.2, -0.15) is 13.2 Å². The van der Waals surface area contributed by atoms with Crippen molar-refractivity contribution >= 4 is 46.7 Å². The van der Waals surface area contributed by atoms with E-state index in [0.29, 0.717) is 0 Å². The van der Waals surface area contributed by atoms with Crippen molar-refractivity contribution in [2.24, 2.45) is 0 Å². The Kier molecular flexibility index (Phi) is 4.45. The maximum atomic E-state index is 12.9. The van der Waals surface area contributed by atoms with E-state index < -0.39 is 33.2 Å². The van der Waals surface area contributed by atoms with Crippen molar-refractivity contribution in [3.63, 3.8) is 0 Å². The van der Waals surface area contributed by atoms with E-state index in [2.05, 4.69) is 14.9 Å². The highest BCUT2D eigenvalue weighted by Crippen LogP contribution is 2.43. The Morgan fingerprint density at radius 3 is 2.27 bits per heavy atom. The highest BCUT2D eigenvalue weighted by molar-refractivity contribution is 6.58. The minimum absolute atomic E-state index is 0.197. The number of aromatic nitrogens is 2. The van der Waals surface area contributed by atoms with Crippen LogP contribution >= 0.6 is 23.2 Å². The Labute approximate surface area is 136 Å². The first kappa shape index (κ1) is 17.1. The van der Waals surface area contributed by atoms with E-state index in [1.807, 2.05) is 0 Å². The molecule has 0 fully saturated rings. The Balaban J connectivity index is 2.46. The number of halogens is 5. The van der Waals surface area contributed by atoms with Crippen LogP contribution < -0.4 is 4.74 Å². The van der Waals surface area contributed by atoms with Gasteiger partial charge in [0.05, 0.1) is 21.2 Å². The standard InChI is InChI=1S/C10H2B3Cl2F3N2O2/c11-10(12,13)22-8-20-19-7(21-8)3-1-2-4(14)5(6(3)15)9(16,17)18/h1-2H. The average Bonchev–Trinajstić information content (AvgIpc) is 2.72. The number of nitrogens with zero attached hydrogens (tertiary/aromatic N) is 2. The summed E-state index contributed by atoms with van der Waals surface area (Å²) >= 11 is 11.2. The van der Waals surface area contributed by atoms with E-state index in [-0.39, 0.29) is 11.5 Å². The molecule has 4 nitrogen and oxygen atoms in total. The summed E-state index contributed by atoms with van der Waals surface area (Å²) in [5.74, 6) is -0.355. The second-order valence-corrected chi connectivity index (χ2v) is 4.90. The van der Waals surface area contributed by atoms with Gasteiger partial charge >= 0.3 is 12.3 Å². The molecule has 0 amide bonds. The molecule has 0 saturated carbocycles. The fourth-order valence-electron chi connectivity index (χ4n) is 1.49. The van der Waals surface area contributed by atoms with Crippen molar-refractivity contribution in [1.82, 2.24) is 10.2 Å². The molecule has 6 radical (unpaired) electrons. The zero-order valence-corrected chi connectivity index (χ0v) is 12.0. The van der Waals surface area contributed by atoms with Crippen LogP contribution in [0, 0.1) is 0 Å². The van der Waals surface area contributed by atoms with Crippen molar-refractivity contribution in [2.75, 3.05) is 0 Å². The predicted molar refractivity (Wildman–Crippen MR) is 75.4 cm³/mol. The Hall–Kier alpha value is -1.28. The average molecular weight is 342 g/mol. The lowest BCUT2D eigenvalue weighted by atomic mass is 9.52. The lowest BCUT2D eigenvalue weighted by molar-refractivity contribution is -0.137. The van der Waals surface area contributed by atoms with Gasteiger partial charge in [0, 0.05) is 0 Å². The molecule has 0 atom stereocenters. The zero-order valence-electron chi connectivity index (χ0n) is 10.5. The topological polar surface area (TPSA) is 48.2 Å². The summed E-state index contributed by atoms with van der Waals surface area (Å²) in [6, 6.07) is 2.17. The fourth-order valence-corrected chi connectivity index (χ4v) is 2.15. The highest BCUT2D eigenvalue weighted by Gasteiger charge is 2.37. The predicted octanol–water partition coefficient (Wildman–Crippen LogP) is 2.56. The van der Waals surface area contributed by atoms with Gasteiger partial charge in [-0.3, -0.25) is 0 Å². The van der Waals surface area contributed by atoms with Gasteiger partial charge in [-0.1, -0.05) is 28.3 Å². The molecule has 22 heavy (non-hydrogen) atoms. The third kappa shape index (κ3) is 3.73. The van der Waals surface area contributed by atoms with Crippen molar-refractivity contribution < 1.29 is 22.3 Å². The van der Waals surface area contributed by atoms with Gasteiger partial charge in [0.2, 0.25) is 0 Å². The smallest absolute Gasteiger partial charge is 0.419 e. The third-order valence-corrected chi connectivity index (χ3v) is 2.98. The molecular formula is C10H2B3Cl2F3N2O2. The molecule has 1 aromatic carbocycles. The van der Waals surface area contributed by atoms with E-state index in [4.69, 9.17) is 51.2 Å². The second kappa shape index (κ2) is 5.74. The lowest BCUT2D eigenvalue weighted by Gasteiger charge is -2.18. The molecule has 0 spiro atoms. The molecule has 0 N–H and O–H groups in total. The highest BCUT2D eigenvalue weighted by atomic mass is 35.5. The number of benzene rings is 1. The van der Waals surface area contributed by atoms with Crippen LogP contribution in [0.15, 0.2) is 16.5 Å². The van der Waals surface area contributed by atoms with Crippen LogP contribution in [0.2, 0.25) is 10.0 Å². The minimum Gasteiger partial charge on any atom is -0.472 e. The Morgan fingerprint density at radius 1 is 1.09 bits per heavy atom. The molecule has 0 aliphatic carbocycles. The van der Waals surface area contributed by atoms with Crippen LogP contribution in [0.3, 0.4) is 0 Å². The Morgan fingerprint density at radius 2 is 1.73 bits per heavy atom. The molecule has 0 bridgehead atoms. The van der Waals surface area contributed by atoms with Crippen LogP contribution in [0.25, 0.3) is 11.5 Å². The van der Waals surface area contributed by atoms with Gasteiger partial charge in [0.25, 0.3) is 5.89 Å². The third-order valence-electron chi connectivity index (χ3n) is 2.28. The summed E-state index contributed by atoms with van der Waals surface area (Å²) in [6.45, 7) is 0. The van der Waals surface area contributed by atoms with Gasteiger partial charge in [-0.25, -0.2) is 0 Å². The first-order valence-corrected chi connectivity index (χ1v) is 6.19. The van der Waals surface area contributed by atoms with E-state index >= 15 is 0 Å². The monoisotopic (exact) mass is 342 g/mol. The summed E-state index contributed by atoms with van der Waals surface area (Å²) in [5.41, 5.74) is -1.42. The Bertz CT molecular complexity index is 704. The largest absolute Gasteiger partial charge is 0.472 e. The summed E-state index contributed by atoms with van der Waals surface area (Å²) < 4.78 is 48.4. The van der Waals surface area contributed by atoms with E-state index in [9.17, 15) is 13.2 Å². The van der Waals surface area contributed by atoms with Crippen molar-refractivity contribution in [3.8, 4) is 17.5 Å². The van der Waals surface area contributed by atoms with Crippen molar-refractivity contribution in [3.05, 3.63) is 27.7 Å². The molecule has 0 aliphatic heterocycles. The van der Waals surface area contributed by atoms with E-state index in [1.165, 1.54) is 6.07 Å². The van der Waals surface area contributed by atoms with Crippen LogP contribution in [0.5, 0.6) is 6.08 Å². The molecule has 108 valence electrons. The van der Waals surface area contributed by atoms with Gasteiger partial charge in [0.1, 0.15) is 23.5 Å².